The van der Waals surface area contributed by atoms with Crippen LogP contribution in [0.15, 0.2) is 102 Å². The lowest BCUT2D eigenvalue weighted by molar-refractivity contribution is -0.139. The van der Waals surface area contributed by atoms with E-state index in [0.29, 0.717) is 10.6 Å². The van der Waals surface area contributed by atoms with E-state index in [1.807, 2.05) is 30.3 Å². The predicted molar refractivity (Wildman–Crippen MR) is 172 cm³/mol. The van der Waals surface area contributed by atoms with Gasteiger partial charge in [-0.3, -0.25) is 13.9 Å². The summed E-state index contributed by atoms with van der Waals surface area (Å²) in [6.45, 7) is -0.799. The highest BCUT2D eigenvalue weighted by molar-refractivity contribution is 7.92. The number of nitrogens with one attached hydrogen (secondary N) is 1. The first-order chi connectivity index (χ1) is 20.5. The van der Waals surface area contributed by atoms with Gasteiger partial charge in [-0.2, -0.15) is 0 Å². The largest absolute Gasteiger partial charge is 0.357 e. The molecule has 224 valence electrons. The molecule has 0 heterocycles. The molecule has 2 amide bonds. The number of sulfonamides is 1. The van der Waals surface area contributed by atoms with Gasteiger partial charge < -0.3 is 10.2 Å². The highest BCUT2D eigenvalue weighted by Crippen LogP contribution is 2.36. The van der Waals surface area contributed by atoms with Crippen molar-refractivity contribution in [2.45, 2.75) is 23.9 Å². The third kappa shape index (κ3) is 7.82. The van der Waals surface area contributed by atoms with Crippen molar-refractivity contribution in [2.24, 2.45) is 0 Å². The molecule has 0 unspecified atom stereocenters. The highest BCUT2D eigenvalue weighted by atomic mass is 35.5. The number of carbonyl (C=O) groups is 2. The van der Waals surface area contributed by atoms with Gasteiger partial charge in [-0.05, 0) is 47.5 Å². The van der Waals surface area contributed by atoms with Gasteiger partial charge in [-0.25, -0.2) is 8.42 Å². The van der Waals surface area contributed by atoms with Gasteiger partial charge >= 0.3 is 0 Å². The topological polar surface area (TPSA) is 86.8 Å². The number of anilines is 1. The molecule has 0 fully saturated rings. The number of amides is 2. The van der Waals surface area contributed by atoms with E-state index in [9.17, 15) is 18.0 Å². The second-order valence-electron chi connectivity index (χ2n) is 9.47. The van der Waals surface area contributed by atoms with Crippen LogP contribution in [-0.4, -0.2) is 44.8 Å². The van der Waals surface area contributed by atoms with Crippen LogP contribution in [0, 0.1) is 0 Å². The van der Waals surface area contributed by atoms with E-state index in [0.717, 1.165) is 9.87 Å². The summed E-state index contributed by atoms with van der Waals surface area (Å²) >= 11 is 25.4. The number of hydrogen-bond acceptors (Lipinski definition) is 4. The molecule has 0 radical (unpaired) electrons. The molecular formula is C31H27Cl4N3O4S. The van der Waals surface area contributed by atoms with E-state index in [1.165, 1.54) is 48.3 Å². The first-order valence-corrected chi connectivity index (χ1v) is 16.0. The van der Waals surface area contributed by atoms with Gasteiger partial charge in [-0.1, -0.05) is 107 Å². The van der Waals surface area contributed by atoms with Gasteiger partial charge in [0, 0.05) is 30.1 Å². The van der Waals surface area contributed by atoms with Crippen LogP contribution in [0.4, 0.5) is 5.69 Å². The molecule has 1 atom stereocenters. The van der Waals surface area contributed by atoms with Gasteiger partial charge in [0.15, 0.2) is 0 Å². The third-order valence-corrected chi connectivity index (χ3v) is 9.85. The quantitative estimate of drug-likeness (QED) is 0.187. The fourth-order valence-corrected chi connectivity index (χ4v) is 6.84. The average Bonchev–Trinajstić information content (AvgIpc) is 3.00. The highest BCUT2D eigenvalue weighted by Gasteiger charge is 2.35. The number of halogens is 4. The van der Waals surface area contributed by atoms with Crippen molar-refractivity contribution in [3.8, 4) is 0 Å². The summed E-state index contributed by atoms with van der Waals surface area (Å²) in [5.41, 5.74) is 1.32. The van der Waals surface area contributed by atoms with Crippen LogP contribution in [0.25, 0.3) is 0 Å². The third-order valence-electron chi connectivity index (χ3n) is 6.68. The molecule has 0 aromatic heterocycles. The minimum atomic E-state index is -4.32. The molecule has 43 heavy (non-hydrogen) atoms. The second-order valence-corrected chi connectivity index (χ2v) is 13.0. The summed E-state index contributed by atoms with van der Waals surface area (Å²) in [7, 11) is -2.85. The summed E-state index contributed by atoms with van der Waals surface area (Å²) < 4.78 is 28.9. The van der Waals surface area contributed by atoms with E-state index < -0.39 is 34.4 Å². The minimum Gasteiger partial charge on any atom is -0.357 e. The number of nitrogens with zero attached hydrogens (tertiary/aromatic N) is 2. The van der Waals surface area contributed by atoms with Crippen LogP contribution in [0.3, 0.4) is 0 Å². The Morgan fingerprint density at radius 2 is 1.47 bits per heavy atom. The summed E-state index contributed by atoms with van der Waals surface area (Å²) in [5, 5.41) is 3.38. The lowest BCUT2D eigenvalue weighted by atomic mass is 10.0. The monoisotopic (exact) mass is 677 g/mol. The zero-order valence-corrected chi connectivity index (χ0v) is 26.7. The van der Waals surface area contributed by atoms with Crippen LogP contribution in [0.5, 0.6) is 0 Å². The molecule has 0 aliphatic carbocycles. The fraction of sp³-hybridized carbons (Fsp3) is 0.161. The second kappa shape index (κ2) is 14.5. The molecular weight excluding hydrogens is 652 g/mol. The average molecular weight is 679 g/mol. The Hall–Kier alpha value is -3.27. The molecule has 0 aliphatic rings. The van der Waals surface area contributed by atoms with Crippen molar-refractivity contribution >= 4 is 73.9 Å². The Bertz CT molecular complexity index is 1710. The lowest BCUT2D eigenvalue weighted by Gasteiger charge is -2.34. The summed E-state index contributed by atoms with van der Waals surface area (Å²) in [6, 6.07) is 25.1. The van der Waals surface area contributed by atoms with Crippen molar-refractivity contribution in [1.82, 2.24) is 10.2 Å². The van der Waals surface area contributed by atoms with Crippen LogP contribution >= 0.6 is 46.4 Å². The number of likely N-dealkylation sites (N-methyl/N-ethyl adjacent to an activating group) is 1. The molecule has 0 saturated carbocycles. The molecule has 1 N–H and O–H groups in total. The molecule has 0 aliphatic heterocycles. The van der Waals surface area contributed by atoms with Crippen LogP contribution < -0.4 is 9.62 Å². The van der Waals surface area contributed by atoms with Crippen molar-refractivity contribution < 1.29 is 18.0 Å². The lowest BCUT2D eigenvalue weighted by Crippen LogP contribution is -2.53. The zero-order valence-electron chi connectivity index (χ0n) is 22.9. The number of rotatable bonds is 11. The maximum atomic E-state index is 14.3. The van der Waals surface area contributed by atoms with Gasteiger partial charge in [-0.15, -0.1) is 0 Å². The molecule has 0 saturated heterocycles. The maximum absolute atomic E-state index is 14.3. The van der Waals surface area contributed by atoms with Gasteiger partial charge in [0.1, 0.15) is 12.6 Å². The maximum Gasteiger partial charge on any atom is 0.264 e. The van der Waals surface area contributed by atoms with Crippen LogP contribution in [-0.2, 0) is 32.6 Å². The summed E-state index contributed by atoms with van der Waals surface area (Å²) in [6.07, 6.45) is 0.154. The molecule has 4 aromatic carbocycles. The fourth-order valence-electron chi connectivity index (χ4n) is 4.47. The zero-order chi connectivity index (χ0) is 31.1. The summed E-state index contributed by atoms with van der Waals surface area (Å²) in [5.74, 6) is -1.12. The minimum absolute atomic E-state index is 0.00963. The molecule has 4 rings (SSSR count). The first-order valence-electron chi connectivity index (χ1n) is 13.0. The molecule has 0 bridgehead atoms. The van der Waals surface area contributed by atoms with Gasteiger partial charge in [0.25, 0.3) is 10.0 Å². The normalized spacial score (nSPS) is 11.9. The molecule has 0 spiro atoms. The number of benzene rings is 4. The standard InChI is InChI=1S/C31H27Cl4N3O4S/c1-36-31(40)28(17-21-9-4-2-5-10-21)37(19-22-15-16-23(32)18-26(22)34)29(39)20-38(27-14-8-13-25(33)30(27)35)43(41,42)24-11-6-3-7-12-24/h2-16,18,28H,17,19-20H2,1H3,(H,36,40)/t28-/m0/s1. The van der Waals surface area contributed by atoms with E-state index in [-0.39, 0.29) is 38.6 Å². The predicted octanol–water partition coefficient (Wildman–Crippen LogP) is 6.88. The Labute approximate surface area is 271 Å². The Kier molecular flexibility index (Phi) is 11.0. The van der Waals surface area contributed by atoms with Crippen LogP contribution in [0.1, 0.15) is 11.1 Å². The van der Waals surface area contributed by atoms with E-state index >= 15 is 0 Å². The van der Waals surface area contributed by atoms with Crippen LogP contribution in [0.2, 0.25) is 20.1 Å². The molecule has 7 nitrogen and oxygen atoms in total. The van der Waals surface area contributed by atoms with Gasteiger partial charge in [0.05, 0.1) is 20.6 Å². The summed E-state index contributed by atoms with van der Waals surface area (Å²) in [4.78, 5) is 28.9. The first kappa shape index (κ1) is 32.6. The number of hydrogen-bond donors (Lipinski definition) is 1. The Morgan fingerprint density at radius 1 is 0.814 bits per heavy atom. The van der Waals surface area contributed by atoms with E-state index in [2.05, 4.69) is 5.32 Å². The van der Waals surface area contributed by atoms with Crippen molar-refractivity contribution in [3.63, 3.8) is 0 Å². The van der Waals surface area contributed by atoms with E-state index in [1.54, 1.807) is 30.3 Å². The Balaban J connectivity index is 1.83. The van der Waals surface area contributed by atoms with Crippen molar-refractivity contribution in [1.29, 1.82) is 0 Å². The Morgan fingerprint density at radius 3 is 2.09 bits per heavy atom. The van der Waals surface area contributed by atoms with Crippen molar-refractivity contribution in [2.75, 3.05) is 17.9 Å². The SMILES string of the molecule is CNC(=O)[C@H](Cc1ccccc1)N(Cc1ccc(Cl)cc1Cl)C(=O)CN(c1cccc(Cl)c1Cl)S(=O)(=O)c1ccccc1. The van der Waals surface area contributed by atoms with Crippen molar-refractivity contribution in [3.05, 3.63) is 128 Å². The smallest absolute Gasteiger partial charge is 0.264 e. The van der Waals surface area contributed by atoms with Gasteiger partial charge in [0.2, 0.25) is 11.8 Å². The number of carbonyl (C=O) groups excluding carboxylic acids is 2. The van der Waals surface area contributed by atoms with E-state index in [4.69, 9.17) is 46.4 Å². The molecule has 12 heteroatoms. The molecule has 4 aromatic rings.